The summed E-state index contributed by atoms with van der Waals surface area (Å²) in [6, 6.07) is 24.5. The molecule has 0 saturated carbocycles. The first-order chi connectivity index (χ1) is 15.1. The van der Waals surface area contributed by atoms with Crippen molar-refractivity contribution >= 4 is 56.9 Å². The third-order valence-corrected chi connectivity index (χ3v) is 6.49. The molecule has 1 amide bonds. The van der Waals surface area contributed by atoms with Crippen molar-refractivity contribution in [2.45, 2.75) is 6.54 Å². The van der Waals surface area contributed by atoms with Crippen LogP contribution in [0.1, 0.15) is 11.1 Å². The number of carbonyl (C=O) groups excluding carboxylic acids is 1. The Morgan fingerprint density at radius 2 is 1.65 bits per heavy atom. The largest absolute Gasteiger partial charge is 0.342 e. The van der Waals surface area contributed by atoms with Gasteiger partial charge in [0.25, 0.3) is 5.91 Å². The molecule has 0 unspecified atom stereocenters. The first kappa shape index (κ1) is 19.7. The van der Waals surface area contributed by atoms with Gasteiger partial charge in [0.05, 0.1) is 10.6 Å². The van der Waals surface area contributed by atoms with Gasteiger partial charge in [0.1, 0.15) is 5.82 Å². The average Bonchev–Trinajstić information content (AvgIpc) is 3.26. The monoisotopic (exact) mass is 444 g/mol. The normalized spacial score (nSPS) is 15.4. The maximum Gasteiger partial charge on any atom is 0.270 e. The molecular formula is C25H17FN2OS2. The molecule has 0 bridgehead atoms. The van der Waals surface area contributed by atoms with E-state index in [1.54, 1.807) is 18.2 Å². The minimum absolute atomic E-state index is 0.180. The predicted molar refractivity (Wildman–Crippen MR) is 130 cm³/mol. The van der Waals surface area contributed by atoms with Crippen molar-refractivity contribution < 1.29 is 9.18 Å². The maximum atomic E-state index is 14.3. The lowest BCUT2D eigenvalue weighted by atomic mass is 10.1. The Kier molecular flexibility index (Phi) is 5.18. The number of hydrogen-bond donors (Lipinski definition) is 0. The van der Waals surface area contributed by atoms with Gasteiger partial charge < -0.3 is 4.57 Å². The van der Waals surface area contributed by atoms with Crippen LogP contribution in [0.25, 0.3) is 17.0 Å². The van der Waals surface area contributed by atoms with E-state index in [0.29, 0.717) is 9.23 Å². The second kappa shape index (κ2) is 8.13. The van der Waals surface area contributed by atoms with Gasteiger partial charge in [0.15, 0.2) is 4.32 Å². The van der Waals surface area contributed by atoms with E-state index in [4.69, 9.17) is 12.2 Å². The fourth-order valence-corrected chi connectivity index (χ4v) is 5.03. The van der Waals surface area contributed by atoms with Crippen LogP contribution in [0.5, 0.6) is 0 Å². The molecule has 152 valence electrons. The third kappa shape index (κ3) is 3.69. The zero-order valence-corrected chi connectivity index (χ0v) is 18.0. The van der Waals surface area contributed by atoms with Crippen LogP contribution in [0.3, 0.4) is 0 Å². The molecule has 1 saturated heterocycles. The number of fused-ring (bicyclic) bond motifs is 1. The zero-order valence-electron chi connectivity index (χ0n) is 16.4. The summed E-state index contributed by atoms with van der Waals surface area (Å²) in [5.41, 5.74) is 3.39. The van der Waals surface area contributed by atoms with Crippen molar-refractivity contribution in [3.05, 3.63) is 107 Å². The second-order valence-corrected chi connectivity index (χ2v) is 8.86. The van der Waals surface area contributed by atoms with Gasteiger partial charge in [-0.2, -0.15) is 0 Å². The van der Waals surface area contributed by atoms with Crippen LogP contribution in [0.2, 0.25) is 0 Å². The number of thiocarbonyl (C=S) groups is 1. The van der Waals surface area contributed by atoms with E-state index in [1.165, 1.54) is 28.3 Å². The molecule has 5 rings (SSSR count). The highest BCUT2D eigenvalue weighted by atomic mass is 32.2. The Labute approximate surface area is 188 Å². The van der Waals surface area contributed by atoms with Crippen LogP contribution >= 0.6 is 24.0 Å². The molecule has 0 aliphatic carbocycles. The Bertz CT molecular complexity index is 1340. The number of para-hydroxylation sites is 2. The van der Waals surface area contributed by atoms with Gasteiger partial charge in [0.2, 0.25) is 0 Å². The van der Waals surface area contributed by atoms with E-state index in [1.807, 2.05) is 48.7 Å². The van der Waals surface area contributed by atoms with Gasteiger partial charge in [0, 0.05) is 29.2 Å². The second-order valence-electron chi connectivity index (χ2n) is 7.18. The smallest absolute Gasteiger partial charge is 0.270 e. The highest BCUT2D eigenvalue weighted by Crippen LogP contribution is 2.38. The highest BCUT2D eigenvalue weighted by molar-refractivity contribution is 8.27. The standard InChI is InChI=1S/C25H17FN2OS2/c26-20-11-5-7-13-22(20)28-24(29)23(31-25(28)30)14-18-16-27(15-17-8-2-1-3-9-17)21-12-6-4-10-19(18)21/h1-14,16H,15H2/b23-14-. The summed E-state index contributed by atoms with van der Waals surface area (Å²) in [4.78, 5) is 14.8. The lowest BCUT2D eigenvalue weighted by Gasteiger charge is -2.14. The van der Waals surface area contributed by atoms with Gasteiger partial charge in [-0.25, -0.2) is 4.39 Å². The predicted octanol–water partition coefficient (Wildman–Crippen LogP) is 6.23. The molecule has 1 aliphatic heterocycles. The van der Waals surface area contributed by atoms with Crippen molar-refractivity contribution in [1.29, 1.82) is 0 Å². The molecule has 3 aromatic carbocycles. The lowest BCUT2D eigenvalue weighted by Crippen LogP contribution is -2.28. The van der Waals surface area contributed by atoms with Gasteiger partial charge in [-0.1, -0.05) is 84.6 Å². The van der Waals surface area contributed by atoms with Crippen molar-refractivity contribution in [1.82, 2.24) is 4.57 Å². The minimum atomic E-state index is -0.473. The molecule has 0 N–H and O–H groups in total. The molecule has 6 heteroatoms. The summed E-state index contributed by atoms with van der Waals surface area (Å²) >= 11 is 6.59. The number of rotatable bonds is 4. The summed E-state index contributed by atoms with van der Waals surface area (Å²) in [7, 11) is 0. The van der Waals surface area contributed by atoms with Gasteiger partial charge in [-0.05, 0) is 29.8 Å². The summed E-state index contributed by atoms with van der Waals surface area (Å²) < 4.78 is 16.8. The number of nitrogens with zero attached hydrogens (tertiary/aromatic N) is 2. The fourth-order valence-electron chi connectivity index (χ4n) is 3.75. The maximum absolute atomic E-state index is 14.3. The van der Waals surface area contributed by atoms with Crippen LogP contribution in [-0.4, -0.2) is 14.8 Å². The molecule has 1 aromatic heterocycles. The molecule has 1 fully saturated rings. The molecule has 0 atom stereocenters. The van der Waals surface area contributed by atoms with Crippen molar-refractivity contribution in [2.24, 2.45) is 0 Å². The Morgan fingerprint density at radius 1 is 0.935 bits per heavy atom. The number of benzene rings is 3. The van der Waals surface area contributed by atoms with Crippen LogP contribution in [-0.2, 0) is 11.3 Å². The summed E-state index contributed by atoms with van der Waals surface area (Å²) in [6.45, 7) is 0.728. The topological polar surface area (TPSA) is 25.2 Å². The summed E-state index contributed by atoms with van der Waals surface area (Å²) in [6.07, 6.45) is 3.90. The molecule has 0 spiro atoms. The molecule has 3 nitrogen and oxygen atoms in total. The van der Waals surface area contributed by atoms with Gasteiger partial charge >= 0.3 is 0 Å². The van der Waals surface area contributed by atoms with Crippen LogP contribution in [0, 0.1) is 5.82 Å². The lowest BCUT2D eigenvalue weighted by molar-refractivity contribution is -0.113. The van der Waals surface area contributed by atoms with Gasteiger partial charge in [-0.15, -0.1) is 0 Å². The fraction of sp³-hybridized carbons (Fsp3) is 0.0400. The number of aromatic nitrogens is 1. The molecule has 4 aromatic rings. The minimum Gasteiger partial charge on any atom is -0.342 e. The molecule has 0 radical (unpaired) electrons. The Morgan fingerprint density at radius 3 is 2.45 bits per heavy atom. The van der Waals surface area contributed by atoms with Crippen molar-refractivity contribution in [2.75, 3.05) is 4.90 Å². The molecule has 1 aliphatic rings. The van der Waals surface area contributed by atoms with E-state index in [2.05, 4.69) is 22.8 Å². The first-order valence-electron chi connectivity index (χ1n) is 9.76. The first-order valence-corrected chi connectivity index (χ1v) is 11.0. The van der Waals surface area contributed by atoms with E-state index in [9.17, 15) is 9.18 Å². The van der Waals surface area contributed by atoms with Crippen molar-refractivity contribution in [3.63, 3.8) is 0 Å². The zero-order chi connectivity index (χ0) is 21.4. The number of hydrogen-bond acceptors (Lipinski definition) is 3. The quantitative estimate of drug-likeness (QED) is 0.275. The Balaban J connectivity index is 1.54. The van der Waals surface area contributed by atoms with Crippen LogP contribution in [0.4, 0.5) is 10.1 Å². The molecule has 2 heterocycles. The number of carbonyl (C=O) groups is 1. The number of halogens is 1. The van der Waals surface area contributed by atoms with Crippen LogP contribution < -0.4 is 4.90 Å². The van der Waals surface area contributed by atoms with Crippen molar-refractivity contribution in [3.8, 4) is 0 Å². The Hall–Kier alpha value is -3.22. The third-order valence-electron chi connectivity index (χ3n) is 5.19. The molecular weight excluding hydrogens is 427 g/mol. The van der Waals surface area contributed by atoms with E-state index < -0.39 is 5.82 Å². The van der Waals surface area contributed by atoms with Crippen LogP contribution in [0.15, 0.2) is 90.0 Å². The van der Waals surface area contributed by atoms with E-state index in [-0.39, 0.29) is 11.6 Å². The SMILES string of the molecule is O=C1/C(=C/c2cn(Cc3ccccc3)c3ccccc23)SC(=S)N1c1ccccc1F. The van der Waals surface area contributed by atoms with Gasteiger partial charge in [-0.3, -0.25) is 9.69 Å². The number of anilines is 1. The molecule has 31 heavy (non-hydrogen) atoms. The number of amides is 1. The van der Waals surface area contributed by atoms with E-state index >= 15 is 0 Å². The highest BCUT2D eigenvalue weighted by Gasteiger charge is 2.34. The number of thioether (sulfide) groups is 1. The van der Waals surface area contributed by atoms with E-state index in [0.717, 1.165) is 23.0 Å². The average molecular weight is 445 g/mol. The summed E-state index contributed by atoms with van der Waals surface area (Å²) in [5.74, 6) is -0.778. The summed E-state index contributed by atoms with van der Waals surface area (Å²) in [5, 5.41) is 1.05.